The molecule has 1 atom stereocenters. The van der Waals surface area contributed by atoms with E-state index in [1.165, 1.54) is 22.3 Å². The molecule has 4 rings (SSSR count). The first-order chi connectivity index (χ1) is 14.1. The summed E-state index contributed by atoms with van der Waals surface area (Å²) in [6.45, 7) is 7.45. The maximum atomic E-state index is 4.55. The van der Waals surface area contributed by atoms with Gasteiger partial charge in [0.25, 0.3) is 0 Å². The lowest BCUT2D eigenvalue weighted by Crippen LogP contribution is -2.01. The summed E-state index contributed by atoms with van der Waals surface area (Å²) in [6, 6.07) is 19.2. The third-order valence-electron chi connectivity index (χ3n) is 5.42. The molecule has 29 heavy (non-hydrogen) atoms. The molecule has 0 aliphatic rings. The van der Waals surface area contributed by atoms with Crippen molar-refractivity contribution in [2.45, 2.75) is 45.6 Å². The molecule has 0 N–H and O–H groups in total. The second kappa shape index (κ2) is 8.48. The average Bonchev–Trinajstić information content (AvgIpc) is 3.39. The average molecular weight is 385 g/mol. The summed E-state index contributed by atoms with van der Waals surface area (Å²) in [7, 11) is 0. The second-order valence-corrected chi connectivity index (χ2v) is 8.10. The summed E-state index contributed by atoms with van der Waals surface area (Å²) < 4.78 is 3.98. The Kier molecular flexibility index (Phi) is 5.61. The molecule has 0 radical (unpaired) electrons. The summed E-state index contributed by atoms with van der Waals surface area (Å²) in [6.07, 6.45) is 9.23. The Morgan fingerprint density at radius 1 is 0.759 bits per heavy atom. The van der Waals surface area contributed by atoms with Crippen LogP contribution >= 0.6 is 0 Å². The van der Waals surface area contributed by atoms with E-state index >= 15 is 0 Å². The van der Waals surface area contributed by atoms with Crippen molar-refractivity contribution in [2.75, 3.05) is 0 Å². The van der Waals surface area contributed by atoms with Gasteiger partial charge in [-0.3, -0.25) is 4.68 Å². The van der Waals surface area contributed by atoms with Gasteiger partial charge in [0.05, 0.1) is 24.6 Å². The van der Waals surface area contributed by atoms with Gasteiger partial charge in [-0.05, 0) is 52.6 Å². The first-order valence-corrected chi connectivity index (χ1v) is 10.3. The predicted octanol–water partition coefficient (Wildman–Crippen LogP) is 5.59. The van der Waals surface area contributed by atoms with Gasteiger partial charge in [-0.2, -0.15) is 10.2 Å². The molecule has 0 fully saturated rings. The van der Waals surface area contributed by atoms with Crippen LogP contribution in [0.1, 0.15) is 54.9 Å². The van der Waals surface area contributed by atoms with E-state index in [1.54, 1.807) is 0 Å². The van der Waals surface area contributed by atoms with Crippen LogP contribution in [-0.4, -0.2) is 19.6 Å². The van der Waals surface area contributed by atoms with Crippen molar-refractivity contribution in [3.05, 3.63) is 102 Å². The molecule has 2 heterocycles. The minimum absolute atomic E-state index is 0.419. The number of aromatic nitrogens is 4. The van der Waals surface area contributed by atoms with Gasteiger partial charge < -0.3 is 0 Å². The van der Waals surface area contributed by atoms with E-state index in [-0.39, 0.29) is 0 Å². The van der Waals surface area contributed by atoms with Crippen LogP contribution in [-0.2, 0) is 13.0 Å². The normalized spacial score (nSPS) is 12.4. The quantitative estimate of drug-likeness (QED) is 0.416. The van der Waals surface area contributed by atoms with Crippen LogP contribution in [0.3, 0.4) is 0 Å². The highest BCUT2D eigenvalue weighted by molar-refractivity contribution is 5.35. The summed E-state index contributed by atoms with van der Waals surface area (Å²) in [5.74, 6) is 0.911. The molecule has 0 amide bonds. The van der Waals surface area contributed by atoms with E-state index in [1.807, 2.05) is 27.8 Å². The number of rotatable bonds is 7. The van der Waals surface area contributed by atoms with E-state index in [0.717, 1.165) is 18.7 Å². The van der Waals surface area contributed by atoms with Crippen LogP contribution < -0.4 is 0 Å². The lowest BCUT2D eigenvalue weighted by molar-refractivity contribution is 0.683. The largest absolute Gasteiger partial charge is 0.268 e. The zero-order valence-corrected chi connectivity index (χ0v) is 17.4. The van der Waals surface area contributed by atoms with Crippen LogP contribution in [0.4, 0.5) is 0 Å². The maximum absolute atomic E-state index is 4.55. The molecular weight excluding hydrogens is 356 g/mol. The first-order valence-electron chi connectivity index (χ1n) is 10.3. The van der Waals surface area contributed by atoms with E-state index < -0.39 is 0 Å². The van der Waals surface area contributed by atoms with E-state index in [4.69, 9.17) is 0 Å². The van der Waals surface area contributed by atoms with Gasteiger partial charge in [-0.25, -0.2) is 4.68 Å². The standard InChI is InChI=1S/C25H28N4/c1-19(2)23-14-27-29(18-23)25-11-9-21(10-12-25)13-20(3)24-15-26-28(17-24)16-22-7-5-4-6-8-22/h4-12,14-15,17-20H,13,16H2,1-3H3. The van der Waals surface area contributed by atoms with Crippen LogP contribution in [0.15, 0.2) is 79.4 Å². The molecule has 4 nitrogen and oxygen atoms in total. The zero-order chi connectivity index (χ0) is 20.2. The smallest absolute Gasteiger partial charge is 0.0659 e. The highest BCUT2D eigenvalue weighted by Crippen LogP contribution is 2.22. The lowest BCUT2D eigenvalue weighted by atomic mass is 9.96. The molecule has 2 aromatic heterocycles. The Balaban J connectivity index is 1.40. The van der Waals surface area contributed by atoms with Crippen LogP contribution in [0.5, 0.6) is 0 Å². The molecule has 1 unspecified atom stereocenters. The highest BCUT2D eigenvalue weighted by Gasteiger charge is 2.10. The molecule has 4 heteroatoms. The fourth-order valence-electron chi connectivity index (χ4n) is 3.52. The van der Waals surface area contributed by atoms with Gasteiger partial charge in [0.1, 0.15) is 0 Å². The fraction of sp³-hybridized carbons (Fsp3) is 0.280. The lowest BCUT2D eigenvalue weighted by Gasteiger charge is -2.10. The van der Waals surface area contributed by atoms with Crippen molar-refractivity contribution in [2.24, 2.45) is 0 Å². The Hall–Kier alpha value is -3.14. The Labute approximate surface area is 172 Å². The molecular formula is C25H28N4. The zero-order valence-electron chi connectivity index (χ0n) is 17.4. The van der Waals surface area contributed by atoms with Crippen molar-refractivity contribution >= 4 is 0 Å². The van der Waals surface area contributed by atoms with Crippen LogP contribution in [0.25, 0.3) is 5.69 Å². The maximum Gasteiger partial charge on any atom is 0.0659 e. The second-order valence-electron chi connectivity index (χ2n) is 8.10. The molecule has 2 aromatic carbocycles. The van der Waals surface area contributed by atoms with Crippen LogP contribution in [0, 0.1) is 0 Å². The molecule has 4 aromatic rings. The van der Waals surface area contributed by atoms with Gasteiger partial charge in [0.15, 0.2) is 0 Å². The summed E-state index contributed by atoms with van der Waals surface area (Å²) in [5, 5.41) is 9.04. The monoisotopic (exact) mass is 384 g/mol. The number of nitrogens with zero attached hydrogens (tertiary/aromatic N) is 4. The molecule has 0 saturated heterocycles. The Morgan fingerprint density at radius 2 is 1.48 bits per heavy atom. The molecule has 0 bridgehead atoms. The molecule has 0 saturated carbocycles. The SMILES string of the molecule is CC(C)c1cnn(-c2ccc(CC(C)c3cnn(Cc4ccccc4)c3)cc2)c1. The Bertz CT molecular complexity index is 1040. The summed E-state index contributed by atoms with van der Waals surface area (Å²) in [4.78, 5) is 0. The van der Waals surface area contributed by atoms with Gasteiger partial charge >= 0.3 is 0 Å². The van der Waals surface area contributed by atoms with Gasteiger partial charge in [-0.1, -0.05) is 63.2 Å². The van der Waals surface area contributed by atoms with E-state index in [9.17, 15) is 0 Å². The number of hydrogen-bond acceptors (Lipinski definition) is 2. The molecule has 0 spiro atoms. The van der Waals surface area contributed by atoms with Gasteiger partial charge in [0.2, 0.25) is 0 Å². The van der Waals surface area contributed by atoms with Crippen molar-refractivity contribution in [3.63, 3.8) is 0 Å². The highest BCUT2D eigenvalue weighted by atomic mass is 15.3. The molecule has 148 valence electrons. The van der Waals surface area contributed by atoms with Gasteiger partial charge in [0, 0.05) is 12.4 Å². The van der Waals surface area contributed by atoms with Gasteiger partial charge in [-0.15, -0.1) is 0 Å². The van der Waals surface area contributed by atoms with E-state index in [0.29, 0.717) is 11.8 Å². The topological polar surface area (TPSA) is 35.6 Å². The van der Waals surface area contributed by atoms with Crippen LogP contribution in [0.2, 0.25) is 0 Å². The minimum Gasteiger partial charge on any atom is -0.268 e. The minimum atomic E-state index is 0.419. The fourth-order valence-corrected chi connectivity index (χ4v) is 3.52. The first kappa shape index (κ1) is 19.2. The van der Waals surface area contributed by atoms with Crippen molar-refractivity contribution in [1.82, 2.24) is 19.6 Å². The predicted molar refractivity (Wildman–Crippen MR) is 118 cm³/mol. The van der Waals surface area contributed by atoms with Crippen molar-refractivity contribution < 1.29 is 0 Å². The van der Waals surface area contributed by atoms with E-state index in [2.05, 4.69) is 91.9 Å². The van der Waals surface area contributed by atoms with Crippen molar-refractivity contribution in [3.8, 4) is 5.69 Å². The third-order valence-corrected chi connectivity index (χ3v) is 5.42. The van der Waals surface area contributed by atoms with Crippen molar-refractivity contribution in [1.29, 1.82) is 0 Å². The Morgan fingerprint density at radius 3 is 2.17 bits per heavy atom. The molecule has 0 aliphatic heterocycles. The summed E-state index contributed by atoms with van der Waals surface area (Å²) >= 11 is 0. The molecule has 0 aliphatic carbocycles. The third kappa shape index (κ3) is 4.65. The summed E-state index contributed by atoms with van der Waals surface area (Å²) in [5.41, 5.74) is 6.23. The number of benzene rings is 2. The number of hydrogen-bond donors (Lipinski definition) is 0.